The molecule has 5 heteroatoms. The molecule has 0 unspecified atom stereocenters. The van der Waals surface area contributed by atoms with Crippen molar-refractivity contribution in [3.63, 3.8) is 0 Å². The third-order valence-electron chi connectivity index (χ3n) is 2.83. The summed E-state index contributed by atoms with van der Waals surface area (Å²) in [4.78, 5) is 0. The van der Waals surface area contributed by atoms with Crippen LogP contribution in [0.4, 0.5) is 13.2 Å². The van der Waals surface area contributed by atoms with Crippen molar-refractivity contribution in [1.82, 2.24) is 10.2 Å². The van der Waals surface area contributed by atoms with Gasteiger partial charge in [-0.1, -0.05) is 18.2 Å². The minimum absolute atomic E-state index is 0.163. The average molecular weight is 260 g/mol. The van der Waals surface area contributed by atoms with Crippen LogP contribution in [-0.2, 0) is 0 Å². The molecule has 0 spiro atoms. The molecule has 3 aromatic rings. The van der Waals surface area contributed by atoms with E-state index in [0.717, 1.165) is 11.5 Å². The molecule has 0 aliphatic rings. The Morgan fingerprint density at radius 1 is 0.895 bits per heavy atom. The second kappa shape index (κ2) is 4.35. The van der Waals surface area contributed by atoms with Crippen LogP contribution in [0.1, 0.15) is 0 Å². The summed E-state index contributed by atoms with van der Waals surface area (Å²) in [6.45, 7) is 0. The average Bonchev–Trinajstić information content (AvgIpc) is 2.42. The Hall–Kier alpha value is -2.43. The topological polar surface area (TPSA) is 25.8 Å². The van der Waals surface area contributed by atoms with Gasteiger partial charge < -0.3 is 0 Å². The number of halogens is 3. The molecule has 1 heterocycles. The monoisotopic (exact) mass is 260 g/mol. The van der Waals surface area contributed by atoms with Crippen molar-refractivity contribution < 1.29 is 13.2 Å². The number of fused-ring (bicyclic) bond motifs is 1. The van der Waals surface area contributed by atoms with Crippen LogP contribution in [0.15, 0.2) is 42.6 Å². The molecule has 0 fully saturated rings. The van der Waals surface area contributed by atoms with Gasteiger partial charge in [0.25, 0.3) is 0 Å². The lowest BCUT2D eigenvalue weighted by molar-refractivity contribution is 0.497. The van der Waals surface area contributed by atoms with E-state index in [2.05, 4.69) is 10.2 Å². The van der Waals surface area contributed by atoms with Gasteiger partial charge in [-0.05, 0) is 12.1 Å². The van der Waals surface area contributed by atoms with Crippen LogP contribution in [0.25, 0.3) is 22.0 Å². The Bertz CT molecular complexity index is 766. The molecule has 3 rings (SSSR count). The largest absolute Gasteiger partial charge is 0.207 e. The number of hydrogen-bond acceptors (Lipinski definition) is 2. The van der Waals surface area contributed by atoms with Crippen molar-refractivity contribution >= 4 is 10.9 Å². The lowest BCUT2D eigenvalue weighted by Gasteiger charge is -2.07. The molecule has 0 amide bonds. The molecular formula is C14H7F3N2. The quantitative estimate of drug-likeness (QED) is 0.623. The molecule has 0 N–H and O–H groups in total. The summed E-state index contributed by atoms with van der Waals surface area (Å²) in [5.41, 5.74) is 0.541. The van der Waals surface area contributed by atoms with Gasteiger partial charge in [0.1, 0.15) is 11.3 Å². The van der Waals surface area contributed by atoms with Gasteiger partial charge in [0.15, 0.2) is 11.6 Å². The fraction of sp³-hybridized carbons (Fsp3) is 0. The van der Waals surface area contributed by atoms with Crippen molar-refractivity contribution in [2.24, 2.45) is 0 Å². The van der Waals surface area contributed by atoms with E-state index >= 15 is 0 Å². The lowest BCUT2D eigenvalue weighted by atomic mass is 10.0. The maximum Gasteiger partial charge on any atom is 0.166 e. The summed E-state index contributed by atoms with van der Waals surface area (Å²) < 4.78 is 40.3. The Labute approximate surface area is 106 Å². The Kier molecular flexibility index (Phi) is 2.67. The maximum absolute atomic E-state index is 13.8. The fourth-order valence-corrected chi connectivity index (χ4v) is 1.98. The minimum Gasteiger partial charge on any atom is -0.207 e. The van der Waals surface area contributed by atoms with Crippen LogP contribution in [-0.4, -0.2) is 10.2 Å². The van der Waals surface area contributed by atoms with Gasteiger partial charge in [0.05, 0.1) is 6.20 Å². The highest BCUT2D eigenvalue weighted by atomic mass is 19.2. The molecule has 0 aliphatic carbocycles. The van der Waals surface area contributed by atoms with E-state index in [1.807, 2.05) is 0 Å². The first-order chi connectivity index (χ1) is 9.16. The van der Waals surface area contributed by atoms with Gasteiger partial charge in [-0.2, -0.15) is 5.10 Å². The molecule has 1 aromatic heterocycles. The van der Waals surface area contributed by atoms with Gasteiger partial charge >= 0.3 is 0 Å². The van der Waals surface area contributed by atoms with Gasteiger partial charge in [0, 0.05) is 22.6 Å². The number of nitrogens with zero attached hydrogens (tertiary/aromatic N) is 2. The van der Waals surface area contributed by atoms with Crippen molar-refractivity contribution in [2.45, 2.75) is 0 Å². The van der Waals surface area contributed by atoms with Gasteiger partial charge in [-0.3, -0.25) is 0 Å². The SMILES string of the molecule is Fc1cc(F)c(F)c(-c2cccc3ccnnc23)c1. The summed E-state index contributed by atoms with van der Waals surface area (Å²) in [7, 11) is 0. The zero-order chi connectivity index (χ0) is 13.4. The van der Waals surface area contributed by atoms with Crippen LogP contribution in [0, 0.1) is 17.5 Å². The molecule has 0 bridgehead atoms. The second-order valence-corrected chi connectivity index (χ2v) is 4.02. The Morgan fingerprint density at radius 2 is 1.74 bits per heavy atom. The summed E-state index contributed by atoms with van der Waals surface area (Å²) in [5, 5.41) is 8.33. The first-order valence-electron chi connectivity index (χ1n) is 5.52. The summed E-state index contributed by atoms with van der Waals surface area (Å²) in [6.07, 6.45) is 1.49. The first-order valence-corrected chi connectivity index (χ1v) is 5.52. The molecule has 0 atom stereocenters. The van der Waals surface area contributed by atoms with Crippen molar-refractivity contribution in [1.29, 1.82) is 0 Å². The van der Waals surface area contributed by atoms with Gasteiger partial charge in [-0.25, -0.2) is 13.2 Å². The normalized spacial score (nSPS) is 10.9. The smallest absolute Gasteiger partial charge is 0.166 e. The standard InChI is InChI=1S/C14H7F3N2/c15-9-6-11(13(17)12(16)7-9)10-3-1-2-8-4-5-18-19-14(8)10/h1-7H. The maximum atomic E-state index is 13.8. The second-order valence-electron chi connectivity index (χ2n) is 4.02. The third kappa shape index (κ3) is 1.93. The van der Waals surface area contributed by atoms with E-state index in [1.54, 1.807) is 24.3 Å². The number of benzene rings is 2. The van der Waals surface area contributed by atoms with E-state index in [1.165, 1.54) is 6.20 Å². The summed E-state index contributed by atoms with van der Waals surface area (Å²) >= 11 is 0. The van der Waals surface area contributed by atoms with Crippen LogP contribution < -0.4 is 0 Å². The molecule has 0 saturated heterocycles. The number of hydrogen-bond donors (Lipinski definition) is 0. The molecule has 2 nitrogen and oxygen atoms in total. The van der Waals surface area contributed by atoms with Crippen LogP contribution in [0.2, 0.25) is 0 Å². The van der Waals surface area contributed by atoms with Crippen molar-refractivity contribution in [3.8, 4) is 11.1 Å². The minimum atomic E-state index is -1.23. The van der Waals surface area contributed by atoms with Crippen molar-refractivity contribution in [2.75, 3.05) is 0 Å². The number of rotatable bonds is 1. The first kappa shape index (κ1) is 11.6. The highest BCUT2D eigenvalue weighted by Crippen LogP contribution is 2.30. The predicted molar refractivity (Wildman–Crippen MR) is 64.8 cm³/mol. The molecule has 0 saturated carbocycles. The number of aromatic nitrogens is 2. The molecule has 2 aromatic carbocycles. The van der Waals surface area contributed by atoms with E-state index in [4.69, 9.17) is 0 Å². The van der Waals surface area contributed by atoms with E-state index in [-0.39, 0.29) is 5.56 Å². The van der Waals surface area contributed by atoms with Crippen LogP contribution >= 0.6 is 0 Å². The highest BCUT2D eigenvalue weighted by molar-refractivity contribution is 5.93. The van der Waals surface area contributed by atoms with Gasteiger partial charge in [-0.15, -0.1) is 5.10 Å². The van der Waals surface area contributed by atoms with E-state index in [9.17, 15) is 13.2 Å². The Balaban J connectivity index is 2.37. The third-order valence-corrected chi connectivity index (χ3v) is 2.83. The Morgan fingerprint density at radius 3 is 2.58 bits per heavy atom. The lowest BCUT2D eigenvalue weighted by Crippen LogP contribution is -1.94. The van der Waals surface area contributed by atoms with Crippen molar-refractivity contribution in [3.05, 3.63) is 60.0 Å². The predicted octanol–water partition coefficient (Wildman–Crippen LogP) is 3.71. The van der Waals surface area contributed by atoms with E-state index in [0.29, 0.717) is 17.1 Å². The molecule has 0 aliphatic heterocycles. The molecular weight excluding hydrogens is 253 g/mol. The zero-order valence-electron chi connectivity index (χ0n) is 9.57. The summed E-state index contributed by atoms with van der Waals surface area (Å²) in [5.74, 6) is -3.16. The van der Waals surface area contributed by atoms with E-state index < -0.39 is 17.5 Å². The highest BCUT2D eigenvalue weighted by Gasteiger charge is 2.15. The van der Waals surface area contributed by atoms with Crippen LogP contribution in [0.5, 0.6) is 0 Å². The van der Waals surface area contributed by atoms with Crippen LogP contribution in [0.3, 0.4) is 0 Å². The molecule has 0 radical (unpaired) electrons. The zero-order valence-corrected chi connectivity index (χ0v) is 9.57. The summed E-state index contributed by atoms with van der Waals surface area (Å²) in [6, 6.07) is 8.13. The van der Waals surface area contributed by atoms with Gasteiger partial charge in [0.2, 0.25) is 0 Å². The molecule has 19 heavy (non-hydrogen) atoms. The molecule has 94 valence electrons. The fourth-order valence-electron chi connectivity index (χ4n) is 1.98.